The number of hydrogen-bond donors (Lipinski definition) is 0. The van der Waals surface area contributed by atoms with E-state index in [0.717, 1.165) is 32.4 Å². The second-order valence-corrected chi connectivity index (χ2v) is 4.87. The molecule has 1 saturated heterocycles. The van der Waals surface area contributed by atoms with E-state index in [1.165, 1.54) is 17.0 Å². The Bertz CT molecular complexity index is 673. The number of aromatic nitrogens is 4. The Hall–Kier alpha value is -2.51. The average Bonchev–Trinajstić information content (AvgIpc) is 2.90. The topological polar surface area (TPSA) is 94.1 Å². The maximum Gasteiger partial charge on any atom is 0.442 e. The first kappa shape index (κ1) is 13.5. The monoisotopic (exact) mass is 289 g/mol. The highest BCUT2D eigenvalue weighted by atomic mass is 16.5. The van der Waals surface area contributed by atoms with Gasteiger partial charge in [-0.25, -0.2) is 19.3 Å². The molecule has 8 nitrogen and oxygen atoms in total. The van der Waals surface area contributed by atoms with Crippen molar-refractivity contribution in [3.8, 4) is 11.6 Å². The first-order chi connectivity index (χ1) is 10.3. The molecule has 1 fully saturated rings. The number of carbonyl (C=O) groups is 1. The first-order valence-electron chi connectivity index (χ1n) is 6.87. The second-order valence-electron chi connectivity index (χ2n) is 4.87. The van der Waals surface area contributed by atoms with E-state index in [1.54, 1.807) is 11.0 Å². The van der Waals surface area contributed by atoms with Crippen molar-refractivity contribution in [2.45, 2.75) is 25.8 Å². The van der Waals surface area contributed by atoms with Gasteiger partial charge in [0.2, 0.25) is 11.7 Å². The van der Waals surface area contributed by atoms with Crippen LogP contribution in [0.25, 0.3) is 11.6 Å². The van der Waals surface area contributed by atoms with Gasteiger partial charge in [0.15, 0.2) is 5.82 Å². The van der Waals surface area contributed by atoms with Gasteiger partial charge in [-0.3, -0.25) is 9.32 Å². The smallest absolute Gasteiger partial charge is 0.341 e. The summed E-state index contributed by atoms with van der Waals surface area (Å²) in [7, 11) is 0. The van der Waals surface area contributed by atoms with Gasteiger partial charge in [-0.1, -0.05) is 5.16 Å². The fourth-order valence-electron chi connectivity index (χ4n) is 2.36. The summed E-state index contributed by atoms with van der Waals surface area (Å²) in [5.41, 5.74) is 0. The Morgan fingerprint density at radius 2 is 1.90 bits per heavy atom. The SMILES string of the molecule is O=C(Cn1c(-c2ncccn2)noc1=O)N1CCCCC1. The summed E-state index contributed by atoms with van der Waals surface area (Å²) in [6.07, 6.45) is 6.22. The zero-order chi connectivity index (χ0) is 14.7. The van der Waals surface area contributed by atoms with Gasteiger partial charge in [-0.05, 0) is 25.3 Å². The standard InChI is InChI=1S/C13H15N5O3/c19-10(17-7-2-1-3-8-17)9-18-12(16-21-13(18)20)11-14-5-4-6-15-11/h4-6H,1-3,7-9H2. The van der Waals surface area contributed by atoms with Gasteiger partial charge in [0, 0.05) is 25.5 Å². The van der Waals surface area contributed by atoms with Crippen LogP contribution in [0.15, 0.2) is 27.8 Å². The third kappa shape index (κ3) is 2.83. The predicted octanol–water partition coefficient (Wildman–Crippen LogP) is 0.306. The Morgan fingerprint density at radius 3 is 2.62 bits per heavy atom. The number of piperidine rings is 1. The molecule has 2 aromatic heterocycles. The molecule has 8 heteroatoms. The fourth-order valence-corrected chi connectivity index (χ4v) is 2.36. The molecule has 0 bridgehead atoms. The molecule has 110 valence electrons. The van der Waals surface area contributed by atoms with Gasteiger partial charge in [0.1, 0.15) is 6.54 Å². The van der Waals surface area contributed by atoms with Crippen LogP contribution in [0.3, 0.4) is 0 Å². The maximum absolute atomic E-state index is 12.3. The van der Waals surface area contributed by atoms with Crippen molar-refractivity contribution < 1.29 is 9.32 Å². The molecule has 0 spiro atoms. The third-order valence-corrected chi connectivity index (χ3v) is 3.45. The molecule has 1 aliphatic rings. The van der Waals surface area contributed by atoms with Gasteiger partial charge in [-0.2, -0.15) is 0 Å². The number of likely N-dealkylation sites (tertiary alicyclic amines) is 1. The number of nitrogens with zero attached hydrogens (tertiary/aromatic N) is 5. The minimum Gasteiger partial charge on any atom is -0.341 e. The number of rotatable bonds is 3. The molecule has 0 saturated carbocycles. The molecule has 0 radical (unpaired) electrons. The van der Waals surface area contributed by atoms with Gasteiger partial charge < -0.3 is 4.90 Å². The van der Waals surface area contributed by atoms with Crippen LogP contribution < -0.4 is 5.76 Å². The van der Waals surface area contributed by atoms with Crippen LogP contribution in [0.2, 0.25) is 0 Å². The molecular formula is C13H15N5O3. The molecule has 0 atom stereocenters. The van der Waals surface area contributed by atoms with Crippen molar-refractivity contribution in [3.05, 3.63) is 29.0 Å². The largest absolute Gasteiger partial charge is 0.442 e. The molecule has 2 aromatic rings. The molecule has 1 amide bonds. The van der Waals surface area contributed by atoms with Crippen molar-refractivity contribution in [1.29, 1.82) is 0 Å². The summed E-state index contributed by atoms with van der Waals surface area (Å²) in [5.74, 6) is -0.360. The molecule has 0 aliphatic carbocycles. The van der Waals surface area contributed by atoms with E-state index in [1.807, 2.05) is 0 Å². The second kappa shape index (κ2) is 5.86. The normalized spacial score (nSPS) is 15.1. The van der Waals surface area contributed by atoms with Crippen molar-refractivity contribution >= 4 is 5.91 Å². The summed E-state index contributed by atoms with van der Waals surface area (Å²) < 4.78 is 5.82. The molecule has 3 heterocycles. The summed E-state index contributed by atoms with van der Waals surface area (Å²) in [6, 6.07) is 1.66. The Labute approximate surface area is 120 Å². The van der Waals surface area contributed by atoms with Crippen LogP contribution in [0.5, 0.6) is 0 Å². The van der Waals surface area contributed by atoms with E-state index in [9.17, 15) is 9.59 Å². The van der Waals surface area contributed by atoms with Crippen molar-refractivity contribution in [2.75, 3.05) is 13.1 Å². The molecule has 3 rings (SSSR count). The van der Waals surface area contributed by atoms with Crippen molar-refractivity contribution in [2.24, 2.45) is 0 Å². The maximum atomic E-state index is 12.3. The van der Waals surface area contributed by atoms with E-state index in [2.05, 4.69) is 19.6 Å². The van der Waals surface area contributed by atoms with E-state index < -0.39 is 5.76 Å². The molecule has 0 unspecified atom stereocenters. The van der Waals surface area contributed by atoms with Gasteiger partial charge >= 0.3 is 5.76 Å². The number of hydrogen-bond acceptors (Lipinski definition) is 6. The van der Waals surface area contributed by atoms with Crippen LogP contribution >= 0.6 is 0 Å². The lowest BCUT2D eigenvalue weighted by atomic mass is 10.1. The van der Waals surface area contributed by atoms with Gasteiger partial charge in [0.25, 0.3) is 0 Å². The van der Waals surface area contributed by atoms with Gasteiger partial charge in [-0.15, -0.1) is 0 Å². The van der Waals surface area contributed by atoms with Crippen molar-refractivity contribution in [1.82, 2.24) is 24.6 Å². The minimum atomic E-state index is -0.678. The molecule has 0 N–H and O–H groups in total. The van der Waals surface area contributed by atoms with Crippen LogP contribution in [-0.4, -0.2) is 43.6 Å². The zero-order valence-electron chi connectivity index (χ0n) is 11.4. The Kier molecular flexibility index (Phi) is 3.76. The van der Waals surface area contributed by atoms with Crippen LogP contribution in [0.4, 0.5) is 0 Å². The quantitative estimate of drug-likeness (QED) is 0.807. The minimum absolute atomic E-state index is 0.101. The highest BCUT2D eigenvalue weighted by Gasteiger charge is 2.22. The lowest BCUT2D eigenvalue weighted by Crippen LogP contribution is -2.39. The lowest BCUT2D eigenvalue weighted by molar-refractivity contribution is -0.132. The molecule has 0 aromatic carbocycles. The summed E-state index contributed by atoms with van der Waals surface area (Å²) in [6.45, 7) is 1.36. The average molecular weight is 289 g/mol. The summed E-state index contributed by atoms with van der Waals surface area (Å²) >= 11 is 0. The zero-order valence-corrected chi connectivity index (χ0v) is 11.4. The number of carbonyl (C=O) groups excluding carboxylic acids is 1. The van der Waals surface area contributed by atoms with E-state index >= 15 is 0 Å². The first-order valence-corrected chi connectivity index (χ1v) is 6.87. The molecule has 21 heavy (non-hydrogen) atoms. The van der Waals surface area contributed by atoms with Crippen LogP contribution in [0.1, 0.15) is 19.3 Å². The third-order valence-electron chi connectivity index (χ3n) is 3.45. The van der Waals surface area contributed by atoms with E-state index in [0.29, 0.717) is 0 Å². The van der Waals surface area contributed by atoms with E-state index in [4.69, 9.17) is 0 Å². The summed E-state index contributed by atoms with van der Waals surface area (Å²) in [5, 5.41) is 3.66. The van der Waals surface area contributed by atoms with Crippen LogP contribution in [-0.2, 0) is 11.3 Å². The van der Waals surface area contributed by atoms with Gasteiger partial charge in [0.05, 0.1) is 0 Å². The molecular weight excluding hydrogens is 274 g/mol. The Balaban J connectivity index is 1.84. The summed E-state index contributed by atoms with van der Waals surface area (Å²) in [4.78, 5) is 33.8. The van der Waals surface area contributed by atoms with E-state index in [-0.39, 0.29) is 24.1 Å². The van der Waals surface area contributed by atoms with Crippen molar-refractivity contribution in [3.63, 3.8) is 0 Å². The Morgan fingerprint density at radius 1 is 1.19 bits per heavy atom. The highest BCUT2D eigenvalue weighted by Crippen LogP contribution is 2.12. The fraction of sp³-hybridized carbons (Fsp3) is 0.462. The lowest BCUT2D eigenvalue weighted by Gasteiger charge is -2.26. The number of amides is 1. The predicted molar refractivity (Wildman–Crippen MR) is 72.2 cm³/mol. The molecule has 1 aliphatic heterocycles. The highest BCUT2D eigenvalue weighted by molar-refractivity contribution is 5.76. The van der Waals surface area contributed by atoms with Crippen LogP contribution in [0, 0.1) is 0 Å².